The first kappa shape index (κ1) is 18.5. The van der Waals surface area contributed by atoms with E-state index in [0.29, 0.717) is 0 Å². The van der Waals surface area contributed by atoms with Crippen LogP contribution in [0.1, 0.15) is 17.0 Å². The summed E-state index contributed by atoms with van der Waals surface area (Å²) in [7, 11) is -0.213. The van der Waals surface area contributed by atoms with Gasteiger partial charge in [0.05, 0.1) is 5.94 Å². The van der Waals surface area contributed by atoms with E-state index in [9.17, 15) is 14.4 Å². The van der Waals surface area contributed by atoms with Crippen LogP contribution in [0.2, 0.25) is 6.32 Å². The molecule has 0 fully saturated rings. The molecule has 1 aliphatic carbocycles. The van der Waals surface area contributed by atoms with Crippen LogP contribution >= 0.6 is 0 Å². The van der Waals surface area contributed by atoms with E-state index in [0.717, 1.165) is 22.3 Å². The van der Waals surface area contributed by atoms with Gasteiger partial charge in [0.25, 0.3) is 5.97 Å². The van der Waals surface area contributed by atoms with E-state index in [1.807, 2.05) is 48.5 Å². The van der Waals surface area contributed by atoms with Gasteiger partial charge in [-0.05, 0) is 22.3 Å². The molecule has 2 aromatic rings. The molecule has 0 saturated heterocycles. The highest BCUT2D eigenvalue weighted by molar-refractivity contribution is 6.48. The van der Waals surface area contributed by atoms with Crippen LogP contribution in [0.5, 0.6) is 0 Å². The highest BCUT2D eigenvalue weighted by Crippen LogP contribution is 2.44. The van der Waals surface area contributed by atoms with Gasteiger partial charge in [-0.1, -0.05) is 48.5 Å². The lowest BCUT2D eigenvalue weighted by Gasteiger charge is -2.16. The van der Waals surface area contributed by atoms with E-state index < -0.39 is 24.0 Å². The normalized spacial score (nSPS) is 13.2. The minimum Gasteiger partial charge on any atom is -0.482 e. The number of carbonyl (C=O) groups is 3. The molecular formula is C19H18BNO6. The van der Waals surface area contributed by atoms with Gasteiger partial charge < -0.3 is 20.3 Å². The average Bonchev–Trinajstić information content (AvgIpc) is 2.97. The molecule has 1 atom stereocenters. The van der Waals surface area contributed by atoms with Crippen molar-refractivity contribution in [2.24, 2.45) is 0 Å². The van der Waals surface area contributed by atoms with Crippen LogP contribution in [-0.2, 0) is 14.3 Å². The number of hydrogen-bond donors (Lipinski definition) is 3. The standard InChI is InChI=1S/C19H18BNO6/c22-16(23)9-20-17(18(24)25)21-19(26)27-10-15-13-7-3-1-5-11(13)12-6-2-4-8-14(12)15/h1-8,15,17,20H,9-10H2,(H,21,26)(H,22,23)(H,24,25)/t17-/m1/s1. The van der Waals surface area contributed by atoms with Gasteiger partial charge in [-0.2, -0.15) is 0 Å². The maximum Gasteiger partial charge on any atom is 0.407 e. The molecule has 1 aliphatic rings. The lowest BCUT2D eigenvalue weighted by Crippen LogP contribution is -2.45. The molecule has 7 nitrogen and oxygen atoms in total. The van der Waals surface area contributed by atoms with Gasteiger partial charge in [-0.3, -0.25) is 9.59 Å². The van der Waals surface area contributed by atoms with Crippen LogP contribution in [-0.4, -0.2) is 48.1 Å². The molecule has 8 heteroatoms. The fourth-order valence-corrected chi connectivity index (χ4v) is 3.31. The Morgan fingerprint density at radius 3 is 2.07 bits per heavy atom. The van der Waals surface area contributed by atoms with Crippen molar-refractivity contribution >= 4 is 25.3 Å². The van der Waals surface area contributed by atoms with Crippen LogP contribution < -0.4 is 5.32 Å². The quantitative estimate of drug-likeness (QED) is 0.644. The maximum atomic E-state index is 12.0. The van der Waals surface area contributed by atoms with E-state index in [2.05, 4.69) is 5.32 Å². The number of ether oxygens (including phenoxy) is 1. The molecule has 27 heavy (non-hydrogen) atoms. The zero-order chi connectivity index (χ0) is 19.4. The van der Waals surface area contributed by atoms with Gasteiger partial charge in [0, 0.05) is 12.2 Å². The highest BCUT2D eigenvalue weighted by Gasteiger charge is 2.30. The summed E-state index contributed by atoms with van der Waals surface area (Å²) in [5, 5.41) is 20.0. The zero-order valence-corrected chi connectivity index (χ0v) is 14.4. The average molecular weight is 367 g/mol. The predicted molar refractivity (Wildman–Crippen MR) is 99.2 cm³/mol. The molecule has 0 heterocycles. The summed E-state index contributed by atoms with van der Waals surface area (Å²) >= 11 is 0. The lowest BCUT2D eigenvalue weighted by molar-refractivity contribution is -0.137. The van der Waals surface area contributed by atoms with E-state index >= 15 is 0 Å². The second kappa shape index (κ2) is 7.95. The molecule has 0 saturated carbocycles. The molecule has 1 amide bonds. The third-order valence-corrected chi connectivity index (χ3v) is 4.58. The Balaban J connectivity index is 1.67. The van der Waals surface area contributed by atoms with Crippen LogP contribution in [0.25, 0.3) is 11.1 Å². The topological polar surface area (TPSA) is 113 Å². The van der Waals surface area contributed by atoms with Gasteiger partial charge in [-0.25, -0.2) is 4.79 Å². The van der Waals surface area contributed by atoms with Crippen LogP contribution in [0.3, 0.4) is 0 Å². The Kier molecular flexibility index (Phi) is 5.45. The van der Waals surface area contributed by atoms with Crippen molar-refractivity contribution in [3.8, 4) is 11.1 Å². The SMILES string of the molecule is O=C(O)CB[C@H](NC(=O)OCC1c2ccccc2-c2ccccc21)C(=O)O. The van der Waals surface area contributed by atoms with Gasteiger partial charge in [0.15, 0.2) is 7.28 Å². The van der Waals surface area contributed by atoms with Gasteiger partial charge in [0.1, 0.15) is 6.61 Å². The minimum absolute atomic E-state index is 0.0606. The minimum atomic E-state index is -1.31. The highest BCUT2D eigenvalue weighted by atomic mass is 16.5. The Bertz CT molecular complexity index is 839. The Hall–Kier alpha value is -3.29. The third kappa shape index (κ3) is 4.11. The number of benzene rings is 2. The second-order valence-corrected chi connectivity index (χ2v) is 6.29. The van der Waals surface area contributed by atoms with Crippen molar-refractivity contribution in [1.29, 1.82) is 0 Å². The summed E-state index contributed by atoms with van der Waals surface area (Å²) in [6.45, 7) is 0.0606. The summed E-state index contributed by atoms with van der Waals surface area (Å²) in [5.74, 6) is -3.87. The van der Waals surface area contributed by atoms with Crippen LogP contribution in [0.4, 0.5) is 4.79 Å². The molecule has 0 unspecified atom stereocenters. The second-order valence-electron chi connectivity index (χ2n) is 6.29. The van der Waals surface area contributed by atoms with Gasteiger partial charge in [0.2, 0.25) is 0 Å². The molecule has 0 aromatic heterocycles. The first-order valence-electron chi connectivity index (χ1n) is 8.53. The maximum absolute atomic E-state index is 12.0. The monoisotopic (exact) mass is 367 g/mol. The van der Waals surface area contributed by atoms with E-state index in [1.54, 1.807) is 0 Å². The smallest absolute Gasteiger partial charge is 0.407 e. The van der Waals surface area contributed by atoms with Crippen molar-refractivity contribution in [2.75, 3.05) is 6.61 Å². The zero-order valence-electron chi connectivity index (χ0n) is 14.4. The van der Waals surface area contributed by atoms with Crippen molar-refractivity contribution < 1.29 is 29.3 Å². The fraction of sp³-hybridized carbons (Fsp3) is 0.211. The van der Waals surface area contributed by atoms with Crippen molar-refractivity contribution in [1.82, 2.24) is 5.32 Å². The summed E-state index contributed by atoms with van der Waals surface area (Å²) in [6.07, 6.45) is -1.24. The third-order valence-electron chi connectivity index (χ3n) is 4.58. The molecule has 138 valence electrons. The van der Waals surface area contributed by atoms with Crippen LogP contribution in [0.15, 0.2) is 48.5 Å². The van der Waals surface area contributed by atoms with Crippen molar-refractivity contribution in [2.45, 2.75) is 18.2 Å². The van der Waals surface area contributed by atoms with E-state index in [4.69, 9.17) is 14.9 Å². The molecule has 0 bridgehead atoms. The summed E-state index contributed by atoms with van der Waals surface area (Å²) in [6, 6.07) is 15.7. The van der Waals surface area contributed by atoms with Crippen LogP contribution in [0, 0.1) is 0 Å². The number of rotatable bonds is 7. The molecular weight excluding hydrogens is 349 g/mol. The van der Waals surface area contributed by atoms with Crippen molar-refractivity contribution in [3.05, 3.63) is 59.7 Å². The number of hydrogen-bond acceptors (Lipinski definition) is 4. The molecule has 3 rings (SSSR count). The first-order chi connectivity index (χ1) is 13.0. The molecule has 2 aromatic carbocycles. The Morgan fingerprint density at radius 1 is 1.00 bits per heavy atom. The van der Waals surface area contributed by atoms with E-state index in [-0.39, 0.29) is 26.1 Å². The number of alkyl carbamates (subject to hydrolysis) is 1. The summed E-state index contributed by atoms with van der Waals surface area (Å²) < 4.78 is 5.27. The predicted octanol–water partition coefficient (Wildman–Crippen LogP) is 1.88. The number of carbonyl (C=O) groups excluding carboxylic acids is 1. The van der Waals surface area contributed by atoms with E-state index in [1.165, 1.54) is 0 Å². The molecule has 0 spiro atoms. The number of amides is 1. The first-order valence-corrected chi connectivity index (χ1v) is 8.53. The number of carboxylic acids is 2. The summed E-state index contributed by atoms with van der Waals surface area (Å²) in [5.41, 5.74) is 4.28. The lowest BCUT2D eigenvalue weighted by atomic mass is 9.66. The van der Waals surface area contributed by atoms with Crippen molar-refractivity contribution in [3.63, 3.8) is 0 Å². The van der Waals surface area contributed by atoms with Gasteiger partial charge >= 0.3 is 12.1 Å². The summed E-state index contributed by atoms with van der Waals surface area (Å²) in [4.78, 5) is 33.8. The molecule has 0 aliphatic heterocycles. The molecule has 3 N–H and O–H groups in total. The number of nitrogens with one attached hydrogen (secondary N) is 1. The van der Waals surface area contributed by atoms with Gasteiger partial charge in [-0.15, -0.1) is 0 Å². The molecule has 0 radical (unpaired) electrons. The number of aliphatic carboxylic acids is 2. The Morgan fingerprint density at radius 2 is 1.56 bits per heavy atom. The number of carboxylic acid groups (broad SMARTS) is 2. The number of fused-ring (bicyclic) bond motifs is 3. The fourth-order valence-electron chi connectivity index (χ4n) is 3.31. The Labute approximate surface area is 156 Å². The largest absolute Gasteiger partial charge is 0.482 e.